The van der Waals surface area contributed by atoms with Gasteiger partial charge >= 0.3 is 5.69 Å². The number of H-pyrrole nitrogens is 2. The highest BCUT2D eigenvalue weighted by Crippen LogP contribution is 2.43. The van der Waals surface area contributed by atoms with E-state index in [9.17, 15) is 14.4 Å². The molecule has 0 aliphatic carbocycles. The van der Waals surface area contributed by atoms with Gasteiger partial charge in [0.25, 0.3) is 5.56 Å². The minimum atomic E-state index is -0.614. The van der Waals surface area contributed by atoms with Crippen molar-refractivity contribution in [2.24, 2.45) is 0 Å². The molecule has 1 saturated heterocycles. The Balaban J connectivity index is 1.60. The highest BCUT2D eigenvalue weighted by atomic mass is 16.5. The average molecular weight is 415 g/mol. The van der Waals surface area contributed by atoms with Gasteiger partial charge in [0.05, 0.1) is 12.1 Å². The van der Waals surface area contributed by atoms with Crippen LogP contribution in [-0.2, 0) is 14.9 Å². The topological polar surface area (TPSA) is 116 Å². The summed E-state index contributed by atoms with van der Waals surface area (Å²) in [7, 11) is 0. The van der Waals surface area contributed by atoms with Crippen molar-refractivity contribution in [1.82, 2.24) is 15.3 Å². The molecule has 30 heavy (non-hydrogen) atoms. The summed E-state index contributed by atoms with van der Waals surface area (Å²) in [6, 6.07) is 10.5. The van der Waals surface area contributed by atoms with Gasteiger partial charge in [-0.05, 0) is 52.1 Å². The third-order valence-electron chi connectivity index (χ3n) is 5.68. The van der Waals surface area contributed by atoms with Gasteiger partial charge in [-0.1, -0.05) is 30.3 Å². The van der Waals surface area contributed by atoms with Crippen LogP contribution < -0.4 is 21.9 Å². The van der Waals surface area contributed by atoms with Gasteiger partial charge in [0.2, 0.25) is 5.91 Å². The van der Waals surface area contributed by atoms with Crippen molar-refractivity contribution in [2.75, 3.05) is 25.0 Å². The summed E-state index contributed by atoms with van der Waals surface area (Å²) < 4.78 is 5.94. The van der Waals surface area contributed by atoms with E-state index < -0.39 is 11.2 Å². The normalized spacial score (nSPS) is 20.6. The molecule has 1 aromatic carbocycles. The number of rotatable bonds is 7. The zero-order valence-electron chi connectivity index (χ0n) is 17.8. The highest BCUT2D eigenvalue weighted by Gasteiger charge is 2.41. The summed E-state index contributed by atoms with van der Waals surface area (Å²) in [6.07, 6.45) is 2.71. The van der Waals surface area contributed by atoms with Gasteiger partial charge in [-0.2, -0.15) is 0 Å². The molecule has 3 rings (SSSR count). The Morgan fingerprint density at radius 3 is 2.57 bits per heavy atom. The lowest BCUT2D eigenvalue weighted by Gasteiger charge is -2.45. The number of hydrogen-bond acceptors (Lipinski definition) is 5. The Kier molecular flexibility index (Phi) is 6.58. The molecule has 1 unspecified atom stereocenters. The van der Waals surface area contributed by atoms with Crippen LogP contribution in [0.1, 0.15) is 44.4 Å². The first kappa shape index (κ1) is 22.0. The Morgan fingerprint density at radius 2 is 1.90 bits per heavy atom. The van der Waals surface area contributed by atoms with Crippen molar-refractivity contribution in [1.29, 1.82) is 0 Å². The molecular formula is C22H30N4O4. The van der Waals surface area contributed by atoms with E-state index >= 15 is 0 Å². The summed E-state index contributed by atoms with van der Waals surface area (Å²) in [5, 5.41) is 5.75. The second-order valence-corrected chi connectivity index (χ2v) is 8.56. The van der Waals surface area contributed by atoms with Gasteiger partial charge < -0.3 is 20.4 Å². The fourth-order valence-corrected chi connectivity index (χ4v) is 4.34. The monoisotopic (exact) mass is 414 g/mol. The molecule has 1 aliphatic heterocycles. The number of ether oxygens (including phenoxy) is 1. The Hall–Kier alpha value is -2.71. The maximum Gasteiger partial charge on any atom is 0.326 e. The fraction of sp³-hybridized carbons (Fsp3) is 0.500. The van der Waals surface area contributed by atoms with E-state index in [-0.39, 0.29) is 29.2 Å². The molecule has 0 bridgehead atoms. The fourth-order valence-electron chi connectivity index (χ4n) is 4.34. The summed E-state index contributed by atoms with van der Waals surface area (Å²) in [6.45, 7) is 7.23. The lowest BCUT2D eigenvalue weighted by Crippen LogP contribution is -2.45. The second-order valence-electron chi connectivity index (χ2n) is 8.56. The molecule has 0 saturated carbocycles. The number of aryl methyl sites for hydroxylation is 1. The SMILES string of the molecule is Cc1[nH]c(=O)[nH]c(=O)c1NC(=O)CNCCC1(c2ccccc2)CCOC(C)(C)C1. The van der Waals surface area contributed by atoms with Crippen molar-refractivity contribution in [2.45, 2.75) is 51.0 Å². The van der Waals surface area contributed by atoms with Crippen molar-refractivity contribution >= 4 is 11.6 Å². The average Bonchev–Trinajstić information content (AvgIpc) is 2.68. The molecule has 1 aromatic heterocycles. The van der Waals surface area contributed by atoms with Crippen LogP contribution in [0, 0.1) is 6.92 Å². The number of hydrogen-bond donors (Lipinski definition) is 4. The van der Waals surface area contributed by atoms with Crippen LogP contribution in [0.25, 0.3) is 0 Å². The lowest BCUT2D eigenvalue weighted by atomic mass is 9.67. The smallest absolute Gasteiger partial charge is 0.326 e. The first-order valence-electron chi connectivity index (χ1n) is 10.2. The van der Waals surface area contributed by atoms with Crippen molar-refractivity contribution in [3.63, 3.8) is 0 Å². The van der Waals surface area contributed by atoms with Crippen LogP contribution in [0.4, 0.5) is 5.69 Å². The van der Waals surface area contributed by atoms with Crippen molar-refractivity contribution < 1.29 is 9.53 Å². The molecule has 1 atom stereocenters. The van der Waals surface area contributed by atoms with E-state index in [1.54, 1.807) is 6.92 Å². The maximum absolute atomic E-state index is 12.3. The van der Waals surface area contributed by atoms with Crippen LogP contribution in [0.5, 0.6) is 0 Å². The predicted molar refractivity (Wildman–Crippen MR) is 116 cm³/mol. The van der Waals surface area contributed by atoms with Crippen molar-refractivity contribution in [3.8, 4) is 0 Å². The Morgan fingerprint density at radius 1 is 1.17 bits per heavy atom. The first-order chi connectivity index (χ1) is 14.2. The van der Waals surface area contributed by atoms with E-state index in [1.165, 1.54) is 5.56 Å². The number of nitrogens with one attached hydrogen (secondary N) is 4. The van der Waals surface area contributed by atoms with E-state index in [0.717, 1.165) is 19.3 Å². The quantitative estimate of drug-likeness (QED) is 0.516. The number of carbonyl (C=O) groups is 1. The summed E-state index contributed by atoms with van der Waals surface area (Å²) >= 11 is 0. The number of anilines is 1. The third kappa shape index (κ3) is 5.25. The van der Waals surface area contributed by atoms with Crippen LogP contribution in [0.2, 0.25) is 0 Å². The summed E-state index contributed by atoms with van der Waals surface area (Å²) in [5.41, 5.74) is 0.255. The van der Waals surface area contributed by atoms with Crippen LogP contribution in [0.15, 0.2) is 39.9 Å². The number of aromatic amines is 2. The minimum absolute atomic E-state index is 0.0147. The van der Waals surface area contributed by atoms with Gasteiger partial charge in [-0.15, -0.1) is 0 Å². The number of benzene rings is 1. The predicted octanol–water partition coefficient (Wildman–Crippen LogP) is 1.82. The molecular weight excluding hydrogens is 384 g/mol. The molecule has 8 heteroatoms. The van der Waals surface area contributed by atoms with Gasteiger partial charge in [-0.25, -0.2) is 4.79 Å². The minimum Gasteiger partial charge on any atom is -0.376 e. The van der Waals surface area contributed by atoms with Crippen LogP contribution in [-0.4, -0.2) is 41.2 Å². The number of aromatic nitrogens is 2. The molecule has 1 fully saturated rings. The highest BCUT2D eigenvalue weighted by molar-refractivity contribution is 5.92. The zero-order valence-corrected chi connectivity index (χ0v) is 17.8. The van der Waals surface area contributed by atoms with Gasteiger partial charge in [0.15, 0.2) is 0 Å². The number of amides is 1. The molecule has 0 spiro atoms. The first-order valence-corrected chi connectivity index (χ1v) is 10.2. The largest absolute Gasteiger partial charge is 0.376 e. The van der Waals surface area contributed by atoms with E-state index in [4.69, 9.17) is 4.74 Å². The molecule has 8 nitrogen and oxygen atoms in total. The maximum atomic E-state index is 12.3. The van der Waals surface area contributed by atoms with Gasteiger partial charge in [-0.3, -0.25) is 14.6 Å². The van der Waals surface area contributed by atoms with Gasteiger partial charge in [0.1, 0.15) is 5.69 Å². The van der Waals surface area contributed by atoms with Gasteiger partial charge in [0, 0.05) is 17.7 Å². The third-order valence-corrected chi connectivity index (χ3v) is 5.68. The zero-order chi connectivity index (χ0) is 21.8. The number of carbonyl (C=O) groups excluding carboxylic acids is 1. The van der Waals surface area contributed by atoms with Crippen LogP contribution >= 0.6 is 0 Å². The Bertz CT molecular complexity index is 996. The van der Waals surface area contributed by atoms with Crippen LogP contribution in [0.3, 0.4) is 0 Å². The van der Waals surface area contributed by atoms with E-state index in [0.29, 0.717) is 18.8 Å². The summed E-state index contributed by atoms with van der Waals surface area (Å²) in [4.78, 5) is 40.0. The standard InChI is InChI=1S/C22H30N4O4/c1-15-18(19(28)26-20(29)24-15)25-17(27)13-23-11-9-22(16-7-5-4-6-8-16)10-12-30-21(2,3)14-22/h4-8,23H,9-14H2,1-3H3,(H,25,27)(H2,24,26,28,29). The van der Waals surface area contributed by atoms with E-state index in [2.05, 4.69) is 58.7 Å². The summed E-state index contributed by atoms with van der Waals surface area (Å²) in [5.74, 6) is -0.336. The molecule has 2 aromatic rings. The Labute approximate surface area is 175 Å². The molecule has 1 aliphatic rings. The molecule has 2 heterocycles. The molecule has 4 N–H and O–H groups in total. The molecule has 162 valence electrons. The molecule has 1 amide bonds. The van der Waals surface area contributed by atoms with E-state index in [1.807, 2.05) is 6.07 Å². The van der Waals surface area contributed by atoms with Crippen molar-refractivity contribution in [3.05, 3.63) is 62.4 Å². The lowest BCUT2D eigenvalue weighted by molar-refractivity contribution is -0.115. The second kappa shape index (κ2) is 8.97. The molecule has 0 radical (unpaired) electrons.